The topological polar surface area (TPSA) is 126 Å². The van der Waals surface area contributed by atoms with E-state index in [0.717, 1.165) is 17.5 Å². The van der Waals surface area contributed by atoms with Crippen LogP contribution in [0.1, 0.15) is 37.5 Å². The largest absolute Gasteiger partial charge is 0.444 e. The van der Waals surface area contributed by atoms with Crippen LogP contribution in [0.25, 0.3) is 32.2 Å². The molecule has 3 aromatic heterocycles. The number of fused-ring (bicyclic) bond motifs is 4. The molecule has 0 aliphatic carbocycles. The van der Waals surface area contributed by atoms with Gasteiger partial charge in [0.05, 0.1) is 54.0 Å². The summed E-state index contributed by atoms with van der Waals surface area (Å²) >= 11 is 0.860. The van der Waals surface area contributed by atoms with E-state index in [-0.39, 0.29) is 62.1 Å². The molecular formula is C31H31F2N7O4S. The van der Waals surface area contributed by atoms with Crippen LogP contribution >= 0.6 is 11.3 Å². The van der Waals surface area contributed by atoms with E-state index in [1.165, 1.54) is 0 Å². The van der Waals surface area contributed by atoms with Crippen molar-refractivity contribution >= 4 is 49.4 Å². The molecule has 14 heteroatoms. The van der Waals surface area contributed by atoms with E-state index in [9.17, 15) is 10.1 Å². The zero-order valence-electron chi connectivity index (χ0n) is 25.5. The van der Waals surface area contributed by atoms with Crippen molar-refractivity contribution in [2.24, 2.45) is 5.41 Å². The van der Waals surface area contributed by atoms with Crippen molar-refractivity contribution < 1.29 is 27.8 Å². The molecule has 6 heterocycles. The molecule has 0 saturated carbocycles. The third kappa shape index (κ3) is 4.77. The second-order valence-corrected chi connectivity index (χ2v) is 14.0. The first-order valence-corrected chi connectivity index (χ1v) is 15.3. The highest BCUT2D eigenvalue weighted by molar-refractivity contribution is 7.23. The molecule has 2 saturated heterocycles. The van der Waals surface area contributed by atoms with Crippen LogP contribution < -0.4 is 10.2 Å². The first kappa shape index (κ1) is 29.7. The summed E-state index contributed by atoms with van der Waals surface area (Å²) in [5.41, 5.74) is 0.604. The lowest BCUT2D eigenvalue weighted by atomic mass is 9.80. The molecule has 1 unspecified atom stereocenters. The van der Waals surface area contributed by atoms with Gasteiger partial charge in [0.2, 0.25) is 5.95 Å². The minimum atomic E-state index is -0.801. The second kappa shape index (κ2) is 10.5. The maximum Gasteiger partial charge on any atom is 0.412 e. The number of ether oxygens (including phenoxy) is 3. The number of halogens is 2. The van der Waals surface area contributed by atoms with E-state index in [1.54, 1.807) is 27.0 Å². The first-order chi connectivity index (χ1) is 21.4. The summed E-state index contributed by atoms with van der Waals surface area (Å²) in [5.74, 6) is -0.971. The summed E-state index contributed by atoms with van der Waals surface area (Å²) in [6.45, 7) is 8.03. The van der Waals surface area contributed by atoms with Crippen molar-refractivity contribution in [3.05, 3.63) is 40.7 Å². The Morgan fingerprint density at radius 1 is 1.20 bits per heavy atom. The van der Waals surface area contributed by atoms with Gasteiger partial charge >= 0.3 is 6.09 Å². The minimum Gasteiger partial charge on any atom is -0.444 e. The quantitative estimate of drug-likeness (QED) is 0.320. The van der Waals surface area contributed by atoms with Crippen LogP contribution in [0.3, 0.4) is 0 Å². The van der Waals surface area contributed by atoms with Gasteiger partial charge in [-0.05, 0) is 46.0 Å². The number of anilines is 2. The molecule has 1 N–H and O–H groups in total. The third-order valence-corrected chi connectivity index (χ3v) is 9.72. The van der Waals surface area contributed by atoms with E-state index in [0.29, 0.717) is 48.8 Å². The van der Waals surface area contributed by atoms with Gasteiger partial charge in [0.15, 0.2) is 11.6 Å². The number of rotatable bonds is 4. The Labute approximate surface area is 261 Å². The molecule has 1 aromatic carbocycles. The molecular weight excluding hydrogens is 604 g/mol. The molecule has 3 aliphatic heterocycles. The lowest BCUT2D eigenvalue weighted by Gasteiger charge is -2.44. The second-order valence-electron chi connectivity index (χ2n) is 13.0. The van der Waals surface area contributed by atoms with Crippen molar-refractivity contribution in [3.8, 4) is 17.3 Å². The summed E-state index contributed by atoms with van der Waals surface area (Å²) < 4.78 is 48.8. The highest BCUT2D eigenvalue weighted by Gasteiger charge is 2.53. The fourth-order valence-electron chi connectivity index (χ4n) is 6.62. The van der Waals surface area contributed by atoms with Gasteiger partial charge in [-0.2, -0.15) is 5.26 Å². The van der Waals surface area contributed by atoms with Crippen LogP contribution in [0.5, 0.6) is 0 Å². The molecule has 11 nitrogen and oxygen atoms in total. The molecule has 234 valence electrons. The number of nitriles is 1. The van der Waals surface area contributed by atoms with Gasteiger partial charge in [-0.15, -0.1) is 11.3 Å². The molecule has 1 spiro atoms. The third-order valence-electron chi connectivity index (χ3n) is 8.61. The van der Waals surface area contributed by atoms with Crippen LogP contribution in [0.4, 0.5) is 24.5 Å². The normalized spacial score (nSPS) is 18.9. The number of nitrogens with one attached hydrogen (secondary N) is 1. The molecule has 4 aromatic rings. The van der Waals surface area contributed by atoms with Crippen molar-refractivity contribution in [1.82, 2.24) is 19.9 Å². The molecule has 7 rings (SSSR count). The van der Waals surface area contributed by atoms with E-state index >= 15 is 8.78 Å². The molecule has 1 atom stereocenters. The average molecular weight is 636 g/mol. The zero-order valence-corrected chi connectivity index (χ0v) is 26.3. The monoisotopic (exact) mass is 635 g/mol. The molecule has 3 aliphatic rings. The summed E-state index contributed by atoms with van der Waals surface area (Å²) in [4.78, 5) is 30.5. The van der Waals surface area contributed by atoms with Crippen LogP contribution in [0.2, 0.25) is 0 Å². The van der Waals surface area contributed by atoms with Gasteiger partial charge in [0.25, 0.3) is 0 Å². The fourth-order valence-corrected chi connectivity index (χ4v) is 7.66. The number of hydrogen-bond donors (Lipinski definition) is 1. The van der Waals surface area contributed by atoms with Crippen molar-refractivity contribution in [2.45, 2.75) is 45.6 Å². The Kier molecular flexibility index (Phi) is 6.93. The number of likely N-dealkylation sites (N-methyl/N-ethyl adjacent to an activating group) is 1. The number of thiophene rings is 1. The summed E-state index contributed by atoms with van der Waals surface area (Å²) in [5, 5.41) is 13.4. The Morgan fingerprint density at radius 3 is 2.60 bits per heavy atom. The van der Waals surface area contributed by atoms with Crippen LogP contribution in [-0.4, -0.2) is 78.0 Å². The highest BCUT2D eigenvalue weighted by atomic mass is 32.1. The number of benzene rings is 1. The first-order valence-electron chi connectivity index (χ1n) is 14.5. The number of amides is 1. The van der Waals surface area contributed by atoms with Gasteiger partial charge < -0.3 is 24.0 Å². The van der Waals surface area contributed by atoms with Crippen molar-refractivity contribution in [2.75, 3.05) is 50.6 Å². The van der Waals surface area contributed by atoms with E-state index in [2.05, 4.69) is 31.2 Å². The predicted octanol–water partition coefficient (Wildman–Crippen LogP) is 5.20. The van der Waals surface area contributed by atoms with Crippen LogP contribution in [0.15, 0.2) is 12.4 Å². The smallest absolute Gasteiger partial charge is 0.412 e. The Balaban J connectivity index is 1.38. The molecule has 45 heavy (non-hydrogen) atoms. The summed E-state index contributed by atoms with van der Waals surface area (Å²) in [6.07, 6.45) is 1.83. The molecule has 0 bridgehead atoms. The zero-order chi connectivity index (χ0) is 31.8. The van der Waals surface area contributed by atoms with Crippen LogP contribution in [0, 0.1) is 28.4 Å². The lowest BCUT2D eigenvalue weighted by Crippen LogP contribution is -2.55. The fraction of sp³-hybridized carbons (Fsp3) is 0.452. The number of nitrogens with zero attached hydrogens (tertiary/aromatic N) is 6. The van der Waals surface area contributed by atoms with Gasteiger partial charge in [-0.25, -0.2) is 23.5 Å². The summed E-state index contributed by atoms with van der Waals surface area (Å²) in [7, 11) is 4.07. The number of pyridine rings is 1. The Hall–Kier alpha value is -4.03. The number of carbonyl (C=O) groups excluding carboxylic acids is 1. The van der Waals surface area contributed by atoms with Gasteiger partial charge in [0, 0.05) is 41.7 Å². The van der Waals surface area contributed by atoms with E-state index in [4.69, 9.17) is 19.2 Å². The van der Waals surface area contributed by atoms with E-state index < -0.39 is 23.3 Å². The average Bonchev–Trinajstić information content (AvgIpc) is 3.69. The standard InChI is InChI=1S/C31H31F2N7O4S/c1-30(2,3)44-29(41)38-27-15(6-34)22-25(35-8-19(32)26(22)45-27)21-18-11-42-10-17(18)16-7-36-28(37-24(16)23(21)33)40-9-20(39(4)5)31(12-40)13-43-14-31/h7-8,20H,9-14H2,1-5H3,(H,38,41). The predicted molar refractivity (Wildman–Crippen MR) is 164 cm³/mol. The molecule has 0 radical (unpaired) electrons. The Morgan fingerprint density at radius 2 is 1.96 bits per heavy atom. The van der Waals surface area contributed by atoms with E-state index in [1.807, 2.05) is 14.1 Å². The SMILES string of the molecule is CN(C)C1CN(c2ncc3c4c(c(-c5ncc(F)c6sc(NC(=O)OC(C)(C)C)c(C#N)c56)c(F)c3n2)COC4)CC12COC2. The molecule has 1 amide bonds. The van der Waals surface area contributed by atoms with Crippen LogP contribution in [-0.2, 0) is 27.4 Å². The number of aromatic nitrogens is 3. The minimum absolute atomic E-state index is 0.0430. The van der Waals surface area contributed by atoms with Crippen molar-refractivity contribution in [3.63, 3.8) is 0 Å². The molecule has 2 fully saturated rings. The Bertz CT molecular complexity index is 1930. The lowest BCUT2D eigenvalue weighted by molar-refractivity contribution is -0.127. The van der Waals surface area contributed by atoms with Crippen molar-refractivity contribution in [1.29, 1.82) is 5.26 Å². The summed E-state index contributed by atoms with van der Waals surface area (Å²) in [6, 6.07) is 2.28. The number of hydrogen-bond acceptors (Lipinski definition) is 11. The van der Waals surface area contributed by atoms with Gasteiger partial charge in [-0.3, -0.25) is 10.3 Å². The maximum atomic E-state index is 16.9. The number of carbonyl (C=O) groups is 1. The maximum absolute atomic E-state index is 16.9. The van der Waals surface area contributed by atoms with Gasteiger partial charge in [-0.1, -0.05) is 0 Å². The van der Waals surface area contributed by atoms with Gasteiger partial charge in [0.1, 0.15) is 22.2 Å². The highest BCUT2D eigenvalue weighted by Crippen LogP contribution is 2.46.